The second-order valence-corrected chi connectivity index (χ2v) is 8.29. The van der Waals surface area contributed by atoms with Crippen LogP contribution in [0.1, 0.15) is 23.1 Å². The molecule has 0 saturated heterocycles. The van der Waals surface area contributed by atoms with E-state index in [-0.39, 0.29) is 16.5 Å². The molecule has 32 heavy (non-hydrogen) atoms. The Balaban J connectivity index is 1.92. The van der Waals surface area contributed by atoms with E-state index in [0.717, 1.165) is 22.8 Å². The van der Waals surface area contributed by atoms with Crippen LogP contribution in [-0.4, -0.2) is 34.0 Å². The Hall–Kier alpha value is -3.17. The summed E-state index contributed by atoms with van der Waals surface area (Å²) in [6, 6.07) is 8.79. The highest BCUT2D eigenvalue weighted by Gasteiger charge is 2.36. The number of halogens is 3. The van der Waals surface area contributed by atoms with Gasteiger partial charge in [0.25, 0.3) is 0 Å². The summed E-state index contributed by atoms with van der Waals surface area (Å²) in [5, 5.41) is 20.5. The van der Waals surface area contributed by atoms with Crippen LogP contribution in [0.3, 0.4) is 0 Å². The largest absolute Gasteiger partial charge is 0.497 e. The molecule has 0 aliphatic rings. The molecule has 0 fully saturated rings. The van der Waals surface area contributed by atoms with Gasteiger partial charge in [-0.15, -0.1) is 10.2 Å². The van der Waals surface area contributed by atoms with Gasteiger partial charge in [-0.05, 0) is 24.6 Å². The second kappa shape index (κ2) is 9.97. The molecule has 1 aromatic carbocycles. The van der Waals surface area contributed by atoms with Crippen molar-refractivity contribution in [2.45, 2.75) is 24.5 Å². The van der Waals surface area contributed by atoms with Gasteiger partial charge < -0.3 is 4.74 Å². The number of methoxy groups -OCH3 is 1. The molecule has 7 nitrogen and oxygen atoms in total. The Morgan fingerprint density at radius 2 is 2.09 bits per heavy atom. The van der Waals surface area contributed by atoms with Crippen molar-refractivity contribution >= 4 is 34.1 Å². The van der Waals surface area contributed by atoms with E-state index in [1.807, 2.05) is 6.92 Å². The first-order valence-corrected chi connectivity index (χ1v) is 11.0. The molecule has 2 heterocycles. The number of hydrogen-bond acceptors (Lipinski definition) is 8. The summed E-state index contributed by atoms with van der Waals surface area (Å²) in [6.07, 6.45) is -4.11. The van der Waals surface area contributed by atoms with E-state index >= 15 is 0 Å². The maximum atomic E-state index is 13.7. The lowest BCUT2D eigenvalue weighted by Gasteiger charge is -2.14. The van der Waals surface area contributed by atoms with Gasteiger partial charge in [-0.1, -0.05) is 42.2 Å². The quantitative estimate of drug-likeness (QED) is 0.486. The Bertz CT molecular complexity index is 1170. The summed E-state index contributed by atoms with van der Waals surface area (Å²) in [7, 11) is 1.44. The van der Waals surface area contributed by atoms with Crippen molar-refractivity contribution in [3.8, 4) is 23.1 Å². The molecule has 0 atom stereocenters. The number of hydrogen-bond donors (Lipinski definition) is 1. The van der Waals surface area contributed by atoms with Crippen LogP contribution >= 0.6 is 23.1 Å². The molecule has 2 aromatic heterocycles. The fraction of sp³-hybridized carbons (Fsp3) is 0.250. The van der Waals surface area contributed by atoms with Crippen LogP contribution in [0.5, 0.6) is 5.75 Å². The number of anilines is 1. The van der Waals surface area contributed by atoms with Gasteiger partial charge in [0.2, 0.25) is 11.0 Å². The smallest absolute Gasteiger partial charge is 0.417 e. The summed E-state index contributed by atoms with van der Waals surface area (Å²) in [5.74, 6) is -0.319. The van der Waals surface area contributed by atoms with Crippen molar-refractivity contribution in [2.24, 2.45) is 0 Å². The van der Waals surface area contributed by atoms with Gasteiger partial charge in [0, 0.05) is 5.56 Å². The third-order valence-electron chi connectivity index (χ3n) is 4.12. The van der Waals surface area contributed by atoms with Crippen LogP contribution < -0.4 is 10.1 Å². The van der Waals surface area contributed by atoms with Crippen molar-refractivity contribution in [2.75, 3.05) is 18.2 Å². The fourth-order valence-corrected chi connectivity index (χ4v) is 4.12. The minimum Gasteiger partial charge on any atom is -0.497 e. The molecule has 1 N–H and O–H groups in total. The van der Waals surface area contributed by atoms with Crippen molar-refractivity contribution in [1.82, 2.24) is 15.2 Å². The summed E-state index contributed by atoms with van der Waals surface area (Å²) in [6.45, 7) is 1.89. The number of aromatic nitrogens is 3. The summed E-state index contributed by atoms with van der Waals surface area (Å²) in [5.41, 5.74) is -1.36. The number of rotatable bonds is 7. The zero-order valence-electron chi connectivity index (χ0n) is 16.9. The predicted octanol–water partition coefficient (Wildman–Crippen LogP) is 4.79. The lowest BCUT2D eigenvalue weighted by Crippen LogP contribution is -2.15. The van der Waals surface area contributed by atoms with E-state index in [2.05, 4.69) is 20.5 Å². The molecule has 3 rings (SSSR count). The molecule has 0 saturated carbocycles. The zero-order chi connectivity index (χ0) is 23.3. The third-order valence-corrected chi connectivity index (χ3v) is 6.08. The number of carbonyl (C=O) groups is 1. The lowest BCUT2D eigenvalue weighted by molar-refractivity contribution is -0.138. The maximum absolute atomic E-state index is 13.7. The van der Waals surface area contributed by atoms with Crippen molar-refractivity contribution in [3.05, 3.63) is 46.5 Å². The molecule has 166 valence electrons. The van der Waals surface area contributed by atoms with E-state index in [0.29, 0.717) is 22.9 Å². The van der Waals surface area contributed by atoms with E-state index < -0.39 is 23.2 Å². The van der Waals surface area contributed by atoms with Crippen LogP contribution in [-0.2, 0) is 17.4 Å². The Morgan fingerprint density at radius 1 is 1.31 bits per heavy atom. The number of nitrogens with zero attached hydrogens (tertiary/aromatic N) is 4. The highest BCUT2D eigenvalue weighted by atomic mass is 32.2. The molecule has 3 aromatic rings. The summed E-state index contributed by atoms with van der Waals surface area (Å²) in [4.78, 5) is 16.5. The van der Waals surface area contributed by atoms with E-state index in [1.165, 1.54) is 24.5 Å². The number of pyridine rings is 1. The van der Waals surface area contributed by atoms with Gasteiger partial charge in [0.05, 0.1) is 29.7 Å². The average molecular weight is 480 g/mol. The number of alkyl halides is 3. The molecule has 0 bridgehead atoms. The van der Waals surface area contributed by atoms with Gasteiger partial charge >= 0.3 is 6.18 Å². The minimum absolute atomic E-state index is 0.00912. The molecule has 12 heteroatoms. The van der Waals surface area contributed by atoms with Crippen LogP contribution in [0.25, 0.3) is 11.3 Å². The van der Waals surface area contributed by atoms with Crippen LogP contribution in [0.2, 0.25) is 0 Å². The minimum atomic E-state index is -4.78. The summed E-state index contributed by atoms with van der Waals surface area (Å²) >= 11 is 1.95. The Morgan fingerprint density at radius 3 is 2.72 bits per heavy atom. The number of carbonyl (C=O) groups excluding carboxylic acids is 1. The topological polar surface area (TPSA) is 101 Å². The normalized spacial score (nSPS) is 11.1. The molecular formula is C20H16F3N5O2S2. The summed E-state index contributed by atoms with van der Waals surface area (Å²) < 4.78 is 46.1. The molecular weight excluding hydrogens is 463 g/mol. The van der Waals surface area contributed by atoms with Crippen molar-refractivity contribution in [1.29, 1.82) is 5.26 Å². The number of nitriles is 1. The number of aryl methyl sites for hydroxylation is 1. The Labute approximate surface area is 189 Å². The molecule has 0 aliphatic heterocycles. The van der Waals surface area contributed by atoms with Gasteiger partial charge in [0.1, 0.15) is 21.9 Å². The van der Waals surface area contributed by atoms with E-state index in [4.69, 9.17) is 4.74 Å². The SMILES string of the molecule is CCc1nnc(NC(=O)CSc2nc(-c3cccc(OC)c3)cc(C(F)(F)F)c2C#N)s1. The van der Waals surface area contributed by atoms with Crippen LogP contribution in [0.4, 0.5) is 18.3 Å². The molecule has 0 radical (unpaired) electrons. The highest BCUT2D eigenvalue weighted by molar-refractivity contribution is 8.00. The van der Waals surface area contributed by atoms with Gasteiger partial charge in [-0.25, -0.2) is 4.98 Å². The molecule has 0 aliphatic carbocycles. The number of nitrogens with one attached hydrogen (secondary N) is 1. The molecule has 1 amide bonds. The van der Waals surface area contributed by atoms with Gasteiger partial charge in [0.15, 0.2) is 0 Å². The number of ether oxygens (including phenoxy) is 1. The first kappa shape index (κ1) is 23.5. The van der Waals surface area contributed by atoms with Crippen molar-refractivity contribution < 1.29 is 22.7 Å². The van der Waals surface area contributed by atoms with Crippen LogP contribution in [0, 0.1) is 11.3 Å². The number of benzene rings is 1. The standard InChI is InChI=1S/C20H16F3N5O2S2/c1-3-17-27-28-19(32-17)26-16(29)10-31-18-13(9-24)14(20(21,22)23)8-15(25-18)11-5-4-6-12(7-11)30-2/h4-8H,3,10H2,1-2H3,(H,26,28,29). The lowest BCUT2D eigenvalue weighted by atomic mass is 10.1. The van der Waals surface area contributed by atoms with Gasteiger partial charge in [-0.3, -0.25) is 10.1 Å². The zero-order valence-corrected chi connectivity index (χ0v) is 18.5. The number of thioether (sulfide) groups is 1. The van der Waals surface area contributed by atoms with E-state index in [9.17, 15) is 23.2 Å². The predicted molar refractivity (Wildman–Crippen MR) is 115 cm³/mol. The molecule has 0 spiro atoms. The second-order valence-electron chi connectivity index (χ2n) is 6.27. The maximum Gasteiger partial charge on any atom is 0.417 e. The van der Waals surface area contributed by atoms with Crippen LogP contribution in [0.15, 0.2) is 35.4 Å². The fourth-order valence-electron chi connectivity index (χ4n) is 2.62. The molecule has 0 unspecified atom stereocenters. The van der Waals surface area contributed by atoms with Gasteiger partial charge in [-0.2, -0.15) is 18.4 Å². The third kappa shape index (κ3) is 5.54. The first-order valence-electron chi connectivity index (χ1n) is 9.17. The highest BCUT2D eigenvalue weighted by Crippen LogP contribution is 2.38. The van der Waals surface area contributed by atoms with Crippen molar-refractivity contribution in [3.63, 3.8) is 0 Å². The average Bonchev–Trinajstić information content (AvgIpc) is 3.23. The monoisotopic (exact) mass is 479 g/mol. The first-order chi connectivity index (χ1) is 15.2. The number of amides is 1. The van der Waals surface area contributed by atoms with E-state index in [1.54, 1.807) is 24.3 Å². The Kier molecular flexibility index (Phi) is 7.32.